The predicted octanol–water partition coefficient (Wildman–Crippen LogP) is 5.49. The van der Waals surface area contributed by atoms with Gasteiger partial charge >= 0.3 is 0 Å². The van der Waals surface area contributed by atoms with E-state index in [1.165, 1.54) is 27.1 Å². The Balaban J connectivity index is 2.54. The molecule has 0 unspecified atom stereocenters. The molecule has 95 valence electrons. The van der Waals surface area contributed by atoms with Crippen LogP contribution in [0.2, 0.25) is 0 Å². The summed E-state index contributed by atoms with van der Waals surface area (Å²) >= 11 is 0. The molecule has 0 aliphatic rings. The Bertz CT molecular complexity index is 681. The Hall–Kier alpha value is -1.82. The minimum absolute atomic E-state index is 0.0838. The van der Waals surface area contributed by atoms with Crippen molar-refractivity contribution in [3.05, 3.63) is 67.1 Å². The van der Waals surface area contributed by atoms with Crippen LogP contribution < -0.4 is 0 Å². The van der Waals surface area contributed by atoms with E-state index in [0.717, 1.165) is 6.42 Å². The van der Waals surface area contributed by atoms with Crippen LogP contribution in [0.3, 0.4) is 0 Å². The second-order valence-corrected chi connectivity index (χ2v) is 5.83. The van der Waals surface area contributed by atoms with Crippen LogP contribution in [-0.4, -0.2) is 0 Å². The van der Waals surface area contributed by atoms with Crippen LogP contribution in [0, 0.1) is 6.92 Å². The molecule has 0 saturated carbocycles. The van der Waals surface area contributed by atoms with Gasteiger partial charge in [0.25, 0.3) is 0 Å². The zero-order valence-electron chi connectivity index (χ0n) is 11.6. The van der Waals surface area contributed by atoms with Gasteiger partial charge in [0.2, 0.25) is 0 Å². The minimum atomic E-state index is 0.0838. The van der Waals surface area contributed by atoms with Gasteiger partial charge in [0.15, 0.2) is 0 Å². The molecule has 0 fully saturated rings. The first-order valence-corrected chi connectivity index (χ1v) is 6.84. The van der Waals surface area contributed by atoms with Crippen molar-refractivity contribution in [3.63, 3.8) is 0 Å². The summed E-state index contributed by atoms with van der Waals surface area (Å²) in [5.41, 5.74) is 1.51. The van der Waals surface area contributed by atoms with E-state index in [4.69, 9.17) is 0 Å². The maximum Gasteiger partial charge on any atom is -0.00912 e. The largest absolute Gasteiger partial charge is 0.0616 e. The molecule has 0 N–H and O–H groups in total. The predicted molar refractivity (Wildman–Crippen MR) is 84.5 cm³/mol. The summed E-state index contributed by atoms with van der Waals surface area (Å²) < 4.78 is 0. The summed E-state index contributed by atoms with van der Waals surface area (Å²) in [5, 5.41) is 5.35. The summed E-state index contributed by atoms with van der Waals surface area (Å²) in [6.07, 6.45) is 0.894. The van der Waals surface area contributed by atoms with Crippen molar-refractivity contribution < 1.29 is 0 Å². The SMILES string of the molecule is [CH2]CC(C)(C)c1c2ccccc2cc2ccccc12. The smallest absolute Gasteiger partial charge is 0.00912 e. The number of hydrogen-bond acceptors (Lipinski definition) is 0. The fourth-order valence-electron chi connectivity index (χ4n) is 2.87. The lowest BCUT2D eigenvalue weighted by Gasteiger charge is -2.27. The monoisotopic (exact) mass is 247 g/mol. The molecule has 0 atom stereocenters. The molecule has 0 aliphatic carbocycles. The van der Waals surface area contributed by atoms with E-state index in [9.17, 15) is 0 Å². The van der Waals surface area contributed by atoms with Crippen molar-refractivity contribution in [1.29, 1.82) is 0 Å². The van der Waals surface area contributed by atoms with Crippen LogP contribution in [0.25, 0.3) is 21.5 Å². The number of benzene rings is 3. The third kappa shape index (κ3) is 1.92. The van der Waals surface area contributed by atoms with Crippen LogP contribution >= 0.6 is 0 Å². The van der Waals surface area contributed by atoms with E-state index < -0.39 is 0 Å². The maximum absolute atomic E-state index is 4.15. The third-order valence-corrected chi connectivity index (χ3v) is 4.07. The topological polar surface area (TPSA) is 0 Å². The molecular weight excluding hydrogens is 228 g/mol. The molecule has 0 aromatic heterocycles. The normalized spacial score (nSPS) is 12.2. The molecule has 0 heterocycles. The first-order chi connectivity index (χ1) is 9.13. The summed E-state index contributed by atoms with van der Waals surface area (Å²) in [6, 6.07) is 19.6. The van der Waals surface area contributed by atoms with Crippen molar-refractivity contribution in [2.24, 2.45) is 0 Å². The number of hydrogen-bond donors (Lipinski definition) is 0. The number of rotatable bonds is 2. The van der Waals surface area contributed by atoms with Crippen LogP contribution in [0.15, 0.2) is 54.6 Å². The highest BCUT2D eigenvalue weighted by Crippen LogP contribution is 2.38. The van der Waals surface area contributed by atoms with Gasteiger partial charge in [-0.2, -0.15) is 0 Å². The molecule has 0 nitrogen and oxygen atoms in total. The summed E-state index contributed by atoms with van der Waals surface area (Å²) in [6.45, 7) is 8.72. The minimum Gasteiger partial charge on any atom is -0.0616 e. The molecular formula is C19H19. The Kier molecular flexibility index (Phi) is 2.82. The molecule has 0 heteroatoms. The van der Waals surface area contributed by atoms with E-state index >= 15 is 0 Å². The molecule has 1 radical (unpaired) electrons. The quantitative estimate of drug-likeness (QED) is 0.525. The molecule has 0 bridgehead atoms. The van der Waals surface area contributed by atoms with Crippen LogP contribution in [0.5, 0.6) is 0 Å². The Morgan fingerprint density at radius 3 is 1.79 bits per heavy atom. The zero-order valence-corrected chi connectivity index (χ0v) is 11.6. The van der Waals surface area contributed by atoms with Gasteiger partial charge in [-0.25, -0.2) is 0 Å². The molecule has 0 saturated heterocycles. The fraction of sp³-hybridized carbons (Fsp3) is 0.211. The molecule has 19 heavy (non-hydrogen) atoms. The van der Waals surface area contributed by atoms with E-state index in [2.05, 4.69) is 75.4 Å². The Morgan fingerprint density at radius 1 is 0.842 bits per heavy atom. The third-order valence-electron chi connectivity index (χ3n) is 4.07. The van der Waals surface area contributed by atoms with Gasteiger partial charge in [0.1, 0.15) is 0 Å². The van der Waals surface area contributed by atoms with Gasteiger partial charge in [0, 0.05) is 0 Å². The molecule has 3 aromatic rings. The lowest BCUT2D eigenvalue weighted by atomic mass is 9.77. The average molecular weight is 247 g/mol. The molecule has 3 aromatic carbocycles. The Labute approximate surface area is 115 Å². The average Bonchev–Trinajstić information content (AvgIpc) is 2.44. The zero-order chi connectivity index (χ0) is 13.5. The van der Waals surface area contributed by atoms with Gasteiger partial charge in [0.05, 0.1) is 0 Å². The first kappa shape index (κ1) is 12.2. The first-order valence-electron chi connectivity index (χ1n) is 6.84. The van der Waals surface area contributed by atoms with Crippen molar-refractivity contribution in [2.75, 3.05) is 0 Å². The van der Waals surface area contributed by atoms with Crippen molar-refractivity contribution in [1.82, 2.24) is 0 Å². The highest BCUT2D eigenvalue weighted by atomic mass is 14.3. The van der Waals surface area contributed by atoms with Crippen LogP contribution in [-0.2, 0) is 5.41 Å². The van der Waals surface area contributed by atoms with Crippen molar-refractivity contribution >= 4 is 21.5 Å². The van der Waals surface area contributed by atoms with Gasteiger partial charge in [-0.15, -0.1) is 0 Å². The summed E-state index contributed by atoms with van der Waals surface area (Å²) in [7, 11) is 0. The standard InChI is InChI=1S/C19H19/c1-4-19(2,3)18-16-11-7-5-9-14(16)13-15-10-6-8-12-17(15)18/h5-13H,1,4H2,2-3H3. The van der Waals surface area contributed by atoms with Gasteiger partial charge in [-0.1, -0.05) is 69.3 Å². The molecule has 3 rings (SSSR count). The lowest BCUT2D eigenvalue weighted by Crippen LogP contribution is -2.16. The summed E-state index contributed by atoms with van der Waals surface area (Å²) in [4.78, 5) is 0. The highest BCUT2D eigenvalue weighted by Gasteiger charge is 2.23. The second-order valence-electron chi connectivity index (χ2n) is 5.83. The van der Waals surface area contributed by atoms with Gasteiger partial charge in [-0.05, 0) is 45.0 Å². The van der Waals surface area contributed by atoms with Crippen LogP contribution in [0.1, 0.15) is 25.8 Å². The summed E-state index contributed by atoms with van der Waals surface area (Å²) in [5.74, 6) is 0. The van der Waals surface area contributed by atoms with Crippen molar-refractivity contribution in [2.45, 2.75) is 25.7 Å². The van der Waals surface area contributed by atoms with E-state index in [-0.39, 0.29) is 5.41 Å². The van der Waals surface area contributed by atoms with E-state index in [1.807, 2.05) is 0 Å². The highest BCUT2D eigenvalue weighted by molar-refractivity contribution is 6.03. The molecule has 0 aliphatic heterocycles. The molecule has 0 amide bonds. The van der Waals surface area contributed by atoms with Gasteiger partial charge in [-0.3, -0.25) is 0 Å². The van der Waals surface area contributed by atoms with E-state index in [0.29, 0.717) is 0 Å². The van der Waals surface area contributed by atoms with Crippen molar-refractivity contribution in [3.8, 4) is 0 Å². The molecule has 0 spiro atoms. The van der Waals surface area contributed by atoms with Gasteiger partial charge < -0.3 is 0 Å². The Morgan fingerprint density at radius 2 is 1.32 bits per heavy atom. The second kappa shape index (κ2) is 4.38. The maximum atomic E-state index is 4.15. The van der Waals surface area contributed by atoms with E-state index in [1.54, 1.807) is 0 Å². The lowest BCUT2D eigenvalue weighted by molar-refractivity contribution is 0.541. The fourth-order valence-corrected chi connectivity index (χ4v) is 2.87. The van der Waals surface area contributed by atoms with Crippen LogP contribution in [0.4, 0.5) is 0 Å². The number of fused-ring (bicyclic) bond motifs is 2.